The van der Waals surface area contributed by atoms with E-state index in [-0.39, 0.29) is 0 Å². The average Bonchev–Trinajstić information content (AvgIpc) is 2.72. The Morgan fingerprint density at radius 2 is 1.66 bits per heavy atom. The van der Waals surface area contributed by atoms with Crippen molar-refractivity contribution in [3.63, 3.8) is 0 Å². The van der Waals surface area contributed by atoms with Crippen LogP contribution in [0, 0.1) is 0 Å². The van der Waals surface area contributed by atoms with Crippen LogP contribution >= 0.6 is 34.8 Å². The van der Waals surface area contributed by atoms with Crippen LogP contribution in [0.2, 0.25) is 15.1 Å². The van der Waals surface area contributed by atoms with Gasteiger partial charge in [-0.3, -0.25) is 0 Å². The molecule has 0 spiro atoms. The minimum absolute atomic E-state index is 0.299. The van der Waals surface area contributed by atoms with Crippen molar-refractivity contribution in [3.8, 4) is 11.5 Å². The number of hydrazone groups is 1. The summed E-state index contributed by atoms with van der Waals surface area (Å²) >= 11 is 18.3. The lowest BCUT2D eigenvalue weighted by Gasteiger charge is -2.11. The Balaban J connectivity index is 1.67. The highest BCUT2D eigenvalue weighted by Crippen LogP contribution is 2.25. The van der Waals surface area contributed by atoms with Crippen LogP contribution in [0.25, 0.3) is 0 Å². The number of ether oxygens (including phenoxy) is 2. The first kappa shape index (κ1) is 21.3. The minimum atomic E-state index is 0.299. The second-order valence-electron chi connectivity index (χ2n) is 6.11. The molecule has 4 nitrogen and oxygen atoms in total. The molecule has 0 fully saturated rings. The van der Waals surface area contributed by atoms with Gasteiger partial charge in [0, 0.05) is 31.8 Å². The second-order valence-corrected chi connectivity index (χ2v) is 7.39. The van der Waals surface area contributed by atoms with Gasteiger partial charge in [-0.25, -0.2) is 0 Å². The number of methoxy groups -OCH3 is 1. The highest BCUT2D eigenvalue weighted by Gasteiger charge is 2.07. The molecule has 3 aromatic rings. The standard InChI is InChI=1S/C22H19Cl3N2O2/c1-28-21-5-3-2-4-15(21)12-26-27-13-17-10-18(23)8-9-22(17)29-14-16-6-7-19(24)11-20(16)25/h2-11,13,26H,12,14H2,1H3/b27-13+. The third-order valence-electron chi connectivity index (χ3n) is 4.13. The fourth-order valence-electron chi connectivity index (χ4n) is 2.64. The van der Waals surface area contributed by atoms with E-state index >= 15 is 0 Å². The monoisotopic (exact) mass is 448 g/mol. The van der Waals surface area contributed by atoms with E-state index in [2.05, 4.69) is 10.5 Å². The van der Waals surface area contributed by atoms with Gasteiger partial charge in [0.25, 0.3) is 0 Å². The molecule has 29 heavy (non-hydrogen) atoms. The van der Waals surface area contributed by atoms with Gasteiger partial charge in [0.15, 0.2) is 0 Å². The summed E-state index contributed by atoms with van der Waals surface area (Å²) in [6.07, 6.45) is 1.67. The smallest absolute Gasteiger partial charge is 0.128 e. The van der Waals surface area contributed by atoms with Gasteiger partial charge < -0.3 is 14.9 Å². The van der Waals surface area contributed by atoms with Gasteiger partial charge in [0.2, 0.25) is 0 Å². The van der Waals surface area contributed by atoms with Gasteiger partial charge in [-0.1, -0.05) is 59.1 Å². The number of benzene rings is 3. The largest absolute Gasteiger partial charge is 0.496 e. The second kappa shape index (κ2) is 10.4. The number of nitrogens with one attached hydrogen (secondary N) is 1. The van der Waals surface area contributed by atoms with Crippen LogP contribution in [0.5, 0.6) is 11.5 Å². The predicted octanol–water partition coefficient (Wildman–Crippen LogP) is 6.36. The van der Waals surface area contributed by atoms with Crippen molar-refractivity contribution in [1.29, 1.82) is 0 Å². The Morgan fingerprint density at radius 3 is 2.45 bits per heavy atom. The van der Waals surface area contributed by atoms with Crippen molar-refractivity contribution in [2.24, 2.45) is 5.10 Å². The normalized spacial score (nSPS) is 10.9. The Labute approximate surface area is 185 Å². The molecular formula is C22H19Cl3N2O2. The molecule has 0 heterocycles. The fourth-order valence-corrected chi connectivity index (χ4v) is 3.28. The van der Waals surface area contributed by atoms with Gasteiger partial charge in [0.05, 0.1) is 19.9 Å². The zero-order chi connectivity index (χ0) is 20.6. The Hall–Kier alpha value is -2.40. The van der Waals surface area contributed by atoms with Crippen molar-refractivity contribution in [2.45, 2.75) is 13.2 Å². The number of hydrogen-bond donors (Lipinski definition) is 1. The number of hydrogen-bond acceptors (Lipinski definition) is 4. The Kier molecular flexibility index (Phi) is 7.64. The van der Waals surface area contributed by atoms with Crippen LogP contribution in [-0.2, 0) is 13.2 Å². The highest BCUT2D eigenvalue weighted by molar-refractivity contribution is 6.35. The molecule has 0 radical (unpaired) electrons. The summed E-state index contributed by atoms with van der Waals surface area (Å²) in [6.45, 7) is 0.824. The molecule has 3 rings (SSSR count). The van der Waals surface area contributed by atoms with E-state index < -0.39 is 0 Å². The van der Waals surface area contributed by atoms with E-state index in [1.165, 1.54) is 0 Å². The van der Waals surface area contributed by atoms with Crippen LogP contribution in [0.15, 0.2) is 65.8 Å². The fraction of sp³-hybridized carbons (Fsp3) is 0.136. The summed E-state index contributed by atoms with van der Waals surface area (Å²) in [5.74, 6) is 1.45. The molecule has 1 N–H and O–H groups in total. The van der Waals surface area contributed by atoms with Gasteiger partial charge in [-0.15, -0.1) is 0 Å². The van der Waals surface area contributed by atoms with E-state index in [1.54, 1.807) is 43.7 Å². The van der Waals surface area contributed by atoms with Crippen molar-refractivity contribution in [1.82, 2.24) is 5.43 Å². The molecule has 0 aromatic heterocycles. The zero-order valence-electron chi connectivity index (χ0n) is 15.7. The van der Waals surface area contributed by atoms with Gasteiger partial charge >= 0.3 is 0 Å². The Morgan fingerprint density at radius 1 is 0.897 bits per heavy atom. The average molecular weight is 450 g/mol. The van der Waals surface area contributed by atoms with Crippen molar-refractivity contribution >= 4 is 41.0 Å². The number of rotatable bonds is 8. The highest BCUT2D eigenvalue weighted by atomic mass is 35.5. The van der Waals surface area contributed by atoms with E-state index in [4.69, 9.17) is 44.3 Å². The first-order valence-electron chi connectivity index (χ1n) is 8.81. The predicted molar refractivity (Wildman–Crippen MR) is 120 cm³/mol. The molecule has 0 aliphatic carbocycles. The quantitative estimate of drug-likeness (QED) is 0.321. The molecule has 0 saturated carbocycles. The van der Waals surface area contributed by atoms with E-state index in [9.17, 15) is 0 Å². The molecule has 0 amide bonds. The SMILES string of the molecule is COc1ccccc1CN/N=C/c1cc(Cl)ccc1OCc1ccc(Cl)cc1Cl. The van der Waals surface area contributed by atoms with Gasteiger partial charge in [0.1, 0.15) is 18.1 Å². The summed E-state index contributed by atoms with van der Waals surface area (Å²) in [5.41, 5.74) is 5.60. The maximum absolute atomic E-state index is 6.21. The van der Waals surface area contributed by atoms with Crippen LogP contribution < -0.4 is 14.9 Å². The molecule has 3 aromatic carbocycles. The summed E-state index contributed by atoms with van der Waals surface area (Å²) in [7, 11) is 1.64. The molecule has 0 saturated heterocycles. The van der Waals surface area contributed by atoms with E-state index in [1.807, 2.05) is 30.3 Å². The lowest BCUT2D eigenvalue weighted by Crippen LogP contribution is -2.07. The van der Waals surface area contributed by atoms with Gasteiger partial charge in [-0.05, 0) is 36.4 Å². The summed E-state index contributed by atoms with van der Waals surface area (Å²) < 4.78 is 11.3. The first-order valence-corrected chi connectivity index (χ1v) is 9.94. The molecule has 0 aliphatic rings. The molecule has 0 atom stereocenters. The summed E-state index contributed by atoms with van der Waals surface area (Å²) in [6, 6.07) is 18.4. The molecular weight excluding hydrogens is 431 g/mol. The minimum Gasteiger partial charge on any atom is -0.496 e. The molecule has 0 aliphatic heterocycles. The van der Waals surface area contributed by atoms with E-state index in [0.29, 0.717) is 34.0 Å². The number of para-hydroxylation sites is 1. The van der Waals surface area contributed by atoms with Crippen LogP contribution in [0.3, 0.4) is 0 Å². The first-order chi connectivity index (χ1) is 14.1. The molecule has 0 unspecified atom stereocenters. The van der Waals surface area contributed by atoms with Gasteiger partial charge in [-0.2, -0.15) is 5.10 Å². The van der Waals surface area contributed by atoms with Crippen molar-refractivity contribution in [2.75, 3.05) is 7.11 Å². The lowest BCUT2D eigenvalue weighted by atomic mass is 10.2. The van der Waals surface area contributed by atoms with Crippen LogP contribution in [0.1, 0.15) is 16.7 Å². The van der Waals surface area contributed by atoms with Crippen LogP contribution in [0.4, 0.5) is 0 Å². The number of nitrogens with zero attached hydrogens (tertiary/aromatic N) is 1. The molecule has 7 heteroatoms. The third kappa shape index (κ3) is 6.04. The topological polar surface area (TPSA) is 42.8 Å². The lowest BCUT2D eigenvalue weighted by molar-refractivity contribution is 0.306. The maximum atomic E-state index is 6.21. The number of halogens is 3. The third-order valence-corrected chi connectivity index (χ3v) is 4.95. The Bertz CT molecular complexity index is 1010. The van der Waals surface area contributed by atoms with Crippen molar-refractivity contribution in [3.05, 3.63) is 92.4 Å². The summed E-state index contributed by atoms with van der Waals surface area (Å²) in [5, 5.41) is 6.01. The molecule has 150 valence electrons. The van der Waals surface area contributed by atoms with Crippen molar-refractivity contribution < 1.29 is 9.47 Å². The summed E-state index contributed by atoms with van der Waals surface area (Å²) in [4.78, 5) is 0. The van der Waals surface area contributed by atoms with Crippen LogP contribution in [-0.4, -0.2) is 13.3 Å². The zero-order valence-corrected chi connectivity index (χ0v) is 17.9. The molecule has 0 bridgehead atoms. The maximum Gasteiger partial charge on any atom is 0.128 e. The van der Waals surface area contributed by atoms with E-state index in [0.717, 1.165) is 22.4 Å².